The number of hydrogen-bond donors (Lipinski definition) is 2. The molecule has 4 heteroatoms. The van der Waals surface area contributed by atoms with Crippen molar-refractivity contribution in [2.24, 2.45) is 11.1 Å². The summed E-state index contributed by atoms with van der Waals surface area (Å²) in [5.74, 6) is 0.0818. The van der Waals surface area contributed by atoms with Crippen LogP contribution in [0.5, 0.6) is 0 Å². The van der Waals surface area contributed by atoms with Gasteiger partial charge >= 0.3 is 0 Å². The van der Waals surface area contributed by atoms with Crippen LogP contribution in [0.15, 0.2) is 0 Å². The summed E-state index contributed by atoms with van der Waals surface area (Å²) in [6.45, 7) is 4.18. The van der Waals surface area contributed by atoms with Crippen molar-refractivity contribution < 1.29 is 9.90 Å². The maximum Gasteiger partial charge on any atom is 0.229 e. The molecule has 1 fully saturated rings. The standard InChI is InChI=1S/C11H22N2O2/c1-10(2,15)8-13(3)9(14)11(7-12)5-4-6-11/h15H,4-8,12H2,1-3H3. The van der Waals surface area contributed by atoms with Gasteiger partial charge in [0.05, 0.1) is 11.0 Å². The molecule has 0 unspecified atom stereocenters. The molecule has 0 heterocycles. The van der Waals surface area contributed by atoms with Crippen LogP contribution in [0.1, 0.15) is 33.1 Å². The van der Waals surface area contributed by atoms with Crippen molar-refractivity contribution in [2.75, 3.05) is 20.1 Å². The maximum atomic E-state index is 12.1. The van der Waals surface area contributed by atoms with Gasteiger partial charge in [0.15, 0.2) is 0 Å². The second-order valence-electron chi connectivity index (χ2n) is 5.31. The van der Waals surface area contributed by atoms with Gasteiger partial charge in [-0.2, -0.15) is 0 Å². The highest BCUT2D eigenvalue weighted by Gasteiger charge is 2.44. The fraction of sp³-hybridized carbons (Fsp3) is 0.909. The molecule has 0 atom stereocenters. The molecule has 0 aromatic carbocycles. The number of amides is 1. The smallest absolute Gasteiger partial charge is 0.229 e. The predicted molar refractivity (Wildman–Crippen MR) is 59.3 cm³/mol. The van der Waals surface area contributed by atoms with Crippen LogP contribution in [-0.4, -0.2) is 41.7 Å². The van der Waals surface area contributed by atoms with Gasteiger partial charge in [-0.05, 0) is 26.7 Å². The zero-order valence-electron chi connectivity index (χ0n) is 9.92. The average Bonchev–Trinajstić information content (AvgIpc) is 1.99. The first-order valence-electron chi connectivity index (χ1n) is 5.49. The molecular weight excluding hydrogens is 192 g/mol. The quantitative estimate of drug-likeness (QED) is 0.709. The molecule has 0 aromatic rings. The summed E-state index contributed by atoms with van der Waals surface area (Å²) in [6, 6.07) is 0. The molecule has 0 bridgehead atoms. The van der Waals surface area contributed by atoms with E-state index in [0.717, 1.165) is 19.3 Å². The summed E-state index contributed by atoms with van der Waals surface area (Å²) < 4.78 is 0. The van der Waals surface area contributed by atoms with Gasteiger partial charge < -0.3 is 15.7 Å². The molecule has 0 aromatic heterocycles. The van der Waals surface area contributed by atoms with Crippen LogP contribution in [0.2, 0.25) is 0 Å². The number of rotatable bonds is 4. The van der Waals surface area contributed by atoms with Gasteiger partial charge in [-0.15, -0.1) is 0 Å². The molecule has 1 rings (SSSR count). The number of carbonyl (C=O) groups is 1. The summed E-state index contributed by atoms with van der Waals surface area (Å²) in [5.41, 5.74) is 4.48. The monoisotopic (exact) mass is 214 g/mol. The van der Waals surface area contributed by atoms with Crippen molar-refractivity contribution >= 4 is 5.91 Å². The van der Waals surface area contributed by atoms with Crippen molar-refractivity contribution in [3.63, 3.8) is 0 Å². The lowest BCUT2D eigenvalue weighted by molar-refractivity contribution is -0.147. The van der Waals surface area contributed by atoms with Gasteiger partial charge in [-0.25, -0.2) is 0 Å². The van der Waals surface area contributed by atoms with Gasteiger partial charge in [0, 0.05) is 20.1 Å². The van der Waals surface area contributed by atoms with Crippen LogP contribution in [0.4, 0.5) is 0 Å². The van der Waals surface area contributed by atoms with Gasteiger partial charge in [0.2, 0.25) is 5.91 Å². The molecule has 0 saturated heterocycles. The van der Waals surface area contributed by atoms with E-state index in [1.807, 2.05) is 0 Å². The summed E-state index contributed by atoms with van der Waals surface area (Å²) >= 11 is 0. The Morgan fingerprint density at radius 2 is 2.07 bits per heavy atom. The maximum absolute atomic E-state index is 12.1. The van der Waals surface area contributed by atoms with Gasteiger partial charge in [0.1, 0.15) is 0 Å². The molecule has 1 saturated carbocycles. The lowest BCUT2D eigenvalue weighted by Gasteiger charge is -2.42. The lowest BCUT2D eigenvalue weighted by atomic mass is 9.68. The van der Waals surface area contributed by atoms with Crippen LogP contribution in [0.25, 0.3) is 0 Å². The molecule has 0 radical (unpaired) electrons. The zero-order valence-corrected chi connectivity index (χ0v) is 9.92. The van der Waals surface area contributed by atoms with Crippen molar-refractivity contribution in [2.45, 2.75) is 38.7 Å². The Labute approximate surface area is 91.4 Å². The van der Waals surface area contributed by atoms with Gasteiger partial charge in [0.25, 0.3) is 0 Å². The van der Waals surface area contributed by atoms with E-state index in [1.54, 1.807) is 25.8 Å². The van der Waals surface area contributed by atoms with E-state index in [2.05, 4.69) is 0 Å². The Kier molecular flexibility index (Phi) is 3.41. The number of nitrogens with two attached hydrogens (primary N) is 1. The largest absolute Gasteiger partial charge is 0.389 e. The molecule has 0 spiro atoms. The van der Waals surface area contributed by atoms with Crippen LogP contribution in [0, 0.1) is 5.41 Å². The van der Waals surface area contributed by atoms with Gasteiger partial charge in [-0.3, -0.25) is 4.79 Å². The molecule has 1 aliphatic carbocycles. The van der Waals surface area contributed by atoms with Crippen molar-refractivity contribution in [3.05, 3.63) is 0 Å². The molecule has 15 heavy (non-hydrogen) atoms. The highest BCUT2D eigenvalue weighted by Crippen LogP contribution is 2.41. The SMILES string of the molecule is CN(CC(C)(C)O)C(=O)C1(CN)CCC1. The Balaban J connectivity index is 2.60. The molecule has 0 aliphatic heterocycles. The minimum Gasteiger partial charge on any atom is -0.389 e. The van der Waals surface area contributed by atoms with Crippen LogP contribution in [-0.2, 0) is 4.79 Å². The zero-order chi connectivity index (χ0) is 11.7. The van der Waals surface area contributed by atoms with E-state index in [1.165, 1.54) is 0 Å². The molecular formula is C11H22N2O2. The second-order valence-corrected chi connectivity index (χ2v) is 5.31. The van der Waals surface area contributed by atoms with Crippen molar-refractivity contribution in [3.8, 4) is 0 Å². The minimum atomic E-state index is -0.843. The highest BCUT2D eigenvalue weighted by atomic mass is 16.3. The fourth-order valence-corrected chi connectivity index (χ4v) is 2.17. The Bertz CT molecular complexity index is 236. The second kappa shape index (κ2) is 4.10. The number of carbonyl (C=O) groups excluding carboxylic acids is 1. The average molecular weight is 214 g/mol. The minimum absolute atomic E-state index is 0.0818. The predicted octanol–water partition coefficient (Wildman–Crippen LogP) is 0.345. The van der Waals surface area contributed by atoms with E-state index in [9.17, 15) is 9.90 Å². The van der Waals surface area contributed by atoms with E-state index >= 15 is 0 Å². The Morgan fingerprint density at radius 3 is 2.33 bits per heavy atom. The first kappa shape index (κ1) is 12.5. The van der Waals surface area contributed by atoms with E-state index < -0.39 is 5.60 Å². The van der Waals surface area contributed by atoms with Crippen molar-refractivity contribution in [1.29, 1.82) is 0 Å². The van der Waals surface area contributed by atoms with E-state index in [-0.39, 0.29) is 11.3 Å². The number of nitrogens with zero attached hydrogens (tertiary/aromatic N) is 1. The van der Waals surface area contributed by atoms with Gasteiger partial charge in [-0.1, -0.05) is 6.42 Å². The third kappa shape index (κ3) is 2.69. The summed E-state index contributed by atoms with van der Waals surface area (Å²) in [6.07, 6.45) is 2.86. The molecule has 4 nitrogen and oxygen atoms in total. The number of aliphatic hydroxyl groups is 1. The van der Waals surface area contributed by atoms with Crippen LogP contribution < -0.4 is 5.73 Å². The highest BCUT2D eigenvalue weighted by molar-refractivity contribution is 5.83. The van der Waals surface area contributed by atoms with Crippen LogP contribution >= 0.6 is 0 Å². The number of hydrogen-bond acceptors (Lipinski definition) is 3. The summed E-state index contributed by atoms with van der Waals surface area (Å²) in [5, 5.41) is 9.64. The topological polar surface area (TPSA) is 66.6 Å². The summed E-state index contributed by atoms with van der Waals surface area (Å²) in [4.78, 5) is 13.7. The molecule has 1 amide bonds. The molecule has 3 N–H and O–H groups in total. The first-order chi connectivity index (χ1) is 6.81. The Hall–Kier alpha value is -0.610. The Morgan fingerprint density at radius 1 is 1.53 bits per heavy atom. The fourth-order valence-electron chi connectivity index (χ4n) is 2.17. The molecule has 88 valence electrons. The van der Waals surface area contributed by atoms with E-state index in [0.29, 0.717) is 13.1 Å². The van der Waals surface area contributed by atoms with E-state index in [4.69, 9.17) is 5.73 Å². The summed E-state index contributed by atoms with van der Waals surface area (Å²) in [7, 11) is 1.73. The third-order valence-corrected chi connectivity index (χ3v) is 3.13. The number of likely N-dealkylation sites (N-methyl/N-ethyl adjacent to an activating group) is 1. The molecule has 1 aliphatic rings. The van der Waals surface area contributed by atoms with Crippen LogP contribution in [0.3, 0.4) is 0 Å². The first-order valence-corrected chi connectivity index (χ1v) is 5.49. The third-order valence-electron chi connectivity index (χ3n) is 3.13. The normalized spacial score (nSPS) is 19.5. The lowest BCUT2D eigenvalue weighted by Crippen LogP contribution is -2.53. The van der Waals surface area contributed by atoms with Crippen molar-refractivity contribution in [1.82, 2.24) is 4.90 Å².